The summed E-state index contributed by atoms with van der Waals surface area (Å²) in [6.07, 6.45) is 1.39. The second-order valence-corrected chi connectivity index (χ2v) is 4.32. The Kier molecular flexibility index (Phi) is 3.00. The van der Waals surface area contributed by atoms with Crippen LogP contribution in [0.1, 0.15) is 27.7 Å². The summed E-state index contributed by atoms with van der Waals surface area (Å²) in [6, 6.07) is 1.54. The summed E-state index contributed by atoms with van der Waals surface area (Å²) < 4.78 is 0. The third kappa shape index (κ3) is 2.23. The first kappa shape index (κ1) is 9.12. The van der Waals surface area contributed by atoms with Crippen LogP contribution in [0.3, 0.4) is 0 Å². The van der Waals surface area contributed by atoms with Crippen molar-refractivity contribution in [1.29, 1.82) is 0 Å². The van der Waals surface area contributed by atoms with E-state index in [2.05, 4.69) is 32.6 Å². The molecule has 1 nitrogen and oxygen atoms in total. The van der Waals surface area contributed by atoms with Gasteiger partial charge in [-0.2, -0.15) is 0 Å². The Bertz CT molecular complexity index is 125. The molecule has 0 aliphatic carbocycles. The minimum atomic E-state index is 0.729. The molecule has 1 aliphatic rings. The molecule has 1 aliphatic heterocycles. The first-order valence-electron chi connectivity index (χ1n) is 4.87. The Hall–Kier alpha value is 0.0249. The lowest BCUT2D eigenvalue weighted by Gasteiger charge is -2.39. The van der Waals surface area contributed by atoms with E-state index in [1.54, 1.807) is 0 Å². The van der Waals surface area contributed by atoms with Crippen molar-refractivity contribution in [3.05, 3.63) is 0 Å². The number of nitrogens with zero attached hydrogens (tertiary/aromatic N) is 1. The molecule has 1 rings (SSSR count). The molecule has 2 unspecified atom stereocenters. The van der Waals surface area contributed by atoms with E-state index in [4.69, 9.17) is 0 Å². The van der Waals surface area contributed by atoms with E-state index >= 15 is 0 Å². The monoisotopic (exact) mass is 153 g/mol. The van der Waals surface area contributed by atoms with Crippen molar-refractivity contribution in [3.63, 3.8) is 0 Å². The zero-order valence-corrected chi connectivity index (χ0v) is 8.30. The third-order valence-electron chi connectivity index (χ3n) is 2.83. The topological polar surface area (TPSA) is 3.24 Å². The normalized spacial score (nSPS) is 33.9. The summed E-state index contributed by atoms with van der Waals surface area (Å²) >= 11 is 0. The van der Waals surface area contributed by atoms with E-state index in [1.165, 1.54) is 20.1 Å². The van der Waals surface area contributed by atoms with Gasteiger partial charge in [0.1, 0.15) is 7.28 Å². The van der Waals surface area contributed by atoms with Gasteiger partial charge >= 0.3 is 0 Å². The van der Waals surface area contributed by atoms with Crippen LogP contribution in [-0.2, 0) is 0 Å². The highest BCUT2D eigenvalue weighted by molar-refractivity contribution is 6.38. The van der Waals surface area contributed by atoms with Crippen molar-refractivity contribution in [2.75, 3.05) is 6.54 Å². The van der Waals surface area contributed by atoms with E-state index in [-0.39, 0.29) is 0 Å². The van der Waals surface area contributed by atoms with Crippen molar-refractivity contribution >= 4 is 7.28 Å². The van der Waals surface area contributed by atoms with E-state index in [1.807, 2.05) is 0 Å². The first-order valence-corrected chi connectivity index (χ1v) is 4.87. The maximum absolute atomic E-state index is 2.62. The highest BCUT2D eigenvalue weighted by Crippen LogP contribution is 2.21. The SMILES string of the molecule is CC1BCC(C)N(C(C)C)C1. The van der Waals surface area contributed by atoms with Crippen LogP contribution < -0.4 is 0 Å². The summed E-state index contributed by atoms with van der Waals surface area (Å²) in [5, 5.41) is 0. The zero-order chi connectivity index (χ0) is 8.43. The van der Waals surface area contributed by atoms with E-state index in [9.17, 15) is 0 Å². The van der Waals surface area contributed by atoms with Gasteiger partial charge in [-0.25, -0.2) is 0 Å². The average molecular weight is 153 g/mol. The Balaban J connectivity index is 2.47. The standard InChI is InChI=1S/C9H20BN/c1-7(2)11-6-8(3)10-5-9(11)4/h7-10H,5-6H2,1-4H3. The smallest absolute Gasteiger partial charge is 0.127 e. The molecule has 64 valence electrons. The van der Waals surface area contributed by atoms with Crippen molar-refractivity contribution in [3.8, 4) is 0 Å². The molecule has 0 aromatic carbocycles. The molecule has 1 heterocycles. The molecule has 0 N–H and O–H groups in total. The summed E-state index contributed by atoms with van der Waals surface area (Å²) in [7, 11) is 1.42. The molecule has 1 fully saturated rings. The van der Waals surface area contributed by atoms with Gasteiger partial charge in [0, 0.05) is 12.1 Å². The Morgan fingerprint density at radius 2 is 2.00 bits per heavy atom. The lowest BCUT2D eigenvalue weighted by molar-refractivity contribution is 0.165. The van der Waals surface area contributed by atoms with E-state index < -0.39 is 0 Å². The quantitative estimate of drug-likeness (QED) is 0.519. The highest BCUT2D eigenvalue weighted by Gasteiger charge is 2.24. The molecule has 0 aromatic heterocycles. The lowest BCUT2D eigenvalue weighted by Crippen LogP contribution is -2.45. The Morgan fingerprint density at radius 1 is 1.36 bits per heavy atom. The van der Waals surface area contributed by atoms with Gasteiger partial charge in [-0.3, -0.25) is 4.90 Å². The number of rotatable bonds is 1. The van der Waals surface area contributed by atoms with E-state index in [0.29, 0.717) is 0 Å². The van der Waals surface area contributed by atoms with Gasteiger partial charge in [0.15, 0.2) is 0 Å². The van der Waals surface area contributed by atoms with Gasteiger partial charge in [0.25, 0.3) is 0 Å². The van der Waals surface area contributed by atoms with Gasteiger partial charge in [0.05, 0.1) is 0 Å². The first-order chi connectivity index (χ1) is 5.11. The van der Waals surface area contributed by atoms with Crippen LogP contribution in [0.25, 0.3) is 0 Å². The Labute approximate surface area is 71.4 Å². The fourth-order valence-corrected chi connectivity index (χ4v) is 2.04. The van der Waals surface area contributed by atoms with Crippen molar-refractivity contribution in [1.82, 2.24) is 4.90 Å². The molecule has 0 spiro atoms. The van der Waals surface area contributed by atoms with Crippen LogP contribution in [0.15, 0.2) is 0 Å². The number of hydrogen-bond acceptors (Lipinski definition) is 1. The second-order valence-electron chi connectivity index (χ2n) is 4.32. The molecule has 0 bridgehead atoms. The van der Waals surface area contributed by atoms with Gasteiger partial charge in [-0.05, 0) is 20.4 Å². The zero-order valence-electron chi connectivity index (χ0n) is 8.30. The molecule has 0 amide bonds. The number of hydrogen-bond donors (Lipinski definition) is 0. The van der Waals surface area contributed by atoms with Gasteiger partial charge in [-0.15, -0.1) is 0 Å². The van der Waals surface area contributed by atoms with Crippen LogP contribution in [0.5, 0.6) is 0 Å². The van der Waals surface area contributed by atoms with Crippen LogP contribution in [0.2, 0.25) is 12.1 Å². The maximum atomic E-state index is 2.62. The average Bonchev–Trinajstić information content (AvgIpc) is 1.94. The van der Waals surface area contributed by atoms with Crippen molar-refractivity contribution < 1.29 is 0 Å². The third-order valence-corrected chi connectivity index (χ3v) is 2.83. The van der Waals surface area contributed by atoms with Gasteiger partial charge in [0.2, 0.25) is 0 Å². The predicted octanol–water partition coefficient (Wildman–Crippen LogP) is 1.76. The largest absolute Gasteiger partial charge is 0.299 e. The predicted molar refractivity (Wildman–Crippen MR) is 52.7 cm³/mol. The minimum Gasteiger partial charge on any atom is -0.299 e. The van der Waals surface area contributed by atoms with E-state index in [0.717, 1.165) is 17.9 Å². The van der Waals surface area contributed by atoms with Crippen molar-refractivity contribution in [2.24, 2.45) is 0 Å². The summed E-state index contributed by atoms with van der Waals surface area (Å²) in [5.74, 6) is 0.911. The maximum Gasteiger partial charge on any atom is 0.127 e. The van der Waals surface area contributed by atoms with Crippen LogP contribution in [0.4, 0.5) is 0 Å². The van der Waals surface area contributed by atoms with Gasteiger partial charge < -0.3 is 0 Å². The Morgan fingerprint density at radius 3 is 2.45 bits per heavy atom. The second kappa shape index (κ2) is 3.62. The molecule has 0 aromatic rings. The molecule has 2 atom stereocenters. The fourth-order valence-electron chi connectivity index (χ4n) is 2.04. The molecule has 0 radical (unpaired) electrons. The molecular formula is C9H20BN. The molecule has 11 heavy (non-hydrogen) atoms. The molecule has 2 heteroatoms. The molecular weight excluding hydrogens is 133 g/mol. The lowest BCUT2D eigenvalue weighted by atomic mass is 9.58. The van der Waals surface area contributed by atoms with Crippen molar-refractivity contribution in [2.45, 2.75) is 51.9 Å². The molecule has 1 saturated heterocycles. The van der Waals surface area contributed by atoms with Crippen LogP contribution in [-0.4, -0.2) is 30.8 Å². The minimum absolute atomic E-state index is 0.729. The highest BCUT2D eigenvalue weighted by atomic mass is 15.2. The summed E-state index contributed by atoms with van der Waals surface area (Å²) in [6.45, 7) is 10.6. The van der Waals surface area contributed by atoms with Crippen LogP contribution in [0, 0.1) is 0 Å². The summed E-state index contributed by atoms with van der Waals surface area (Å²) in [5.41, 5.74) is 0. The summed E-state index contributed by atoms with van der Waals surface area (Å²) in [4.78, 5) is 2.62. The fraction of sp³-hybridized carbons (Fsp3) is 1.00. The van der Waals surface area contributed by atoms with Gasteiger partial charge in [-0.1, -0.05) is 26.0 Å². The molecule has 0 saturated carbocycles. The van der Waals surface area contributed by atoms with Crippen LogP contribution >= 0.6 is 0 Å².